The second-order valence-corrected chi connectivity index (χ2v) is 7.38. The summed E-state index contributed by atoms with van der Waals surface area (Å²) in [6, 6.07) is 11.6. The predicted molar refractivity (Wildman–Crippen MR) is 91.6 cm³/mol. The summed E-state index contributed by atoms with van der Waals surface area (Å²) in [5.74, 6) is -0.330. The van der Waals surface area contributed by atoms with E-state index < -0.39 is 16.1 Å². The van der Waals surface area contributed by atoms with E-state index in [4.69, 9.17) is 0 Å². The van der Waals surface area contributed by atoms with Crippen LogP contribution in [0.25, 0.3) is 10.8 Å². The molecule has 2 atom stereocenters. The van der Waals surface area contributed by atoms with E-state index in [0.717, 1.165) is 17.2 Å². The monoisotopic (exact) mass is 334 g/mol. The lowest BCUT2D eigenvalue weighted by Crippen LogP contribution is -2.47. The molecule has 0 fully saturated rings. The molecule has 0 saturated carbocycles. The van der Waals surface area contributed by atoms with Crippen molar-refractivity contribution in [2.24, 2.45) is 0 Å². The Hall–Kier alpha value is -1.92. The van der Waals surface area contributed by atoms with E-state index in [0.29, 0.717) is 0 Å². The Labute approximate surface area is 137 Å². The van der Waals surface area contributed by atoms with E-state index in [1.807, 2.05) is 38.1 Å². The van der Waals surface area contributed by atoms with Crippen molar-refractivity contribution in [1.82, 2.24) is 10.0 Å². The van der Waals surface area contributed by atoms with E-state index in [9.17, 15) is 13.2 Å². The zero-order valence-corrected chi connectivity index (χ0v) is 14.4. The minimum Gasteiger partial charge on any atom is -0.352 e. The van der Waals surface area contributed by atoms with Crippen molar-refractivity contribution in [2.75, 3.05) is 0 Å². The van der Waals surface area contributed by atoms with Gasteiger partial charge in [0.15, 0.2) is 0 Å². The SMILES string of the molecule is CC[C@H](C)NC(=O)[C@H](C)NS(=O)(=O)c1ccc2ccccc2c1. The molecule has 0 spiro atoms. The highest BCUT2D eigenvalue weighted by atomic mass is 32.2. The van der Waals surface area contributed by atoms with Crippen LogP contribution in [0.4, 0.5) is 0 Å². The van der Waals surface area contributed by atoms with Crippen molar-refractivity contribution < 1.29 is 13.2 Å². The molecule has 2 aromatic rings. The first kappa shape index (κ1) is 17.4. The number of nitrogens with one attached hydrogen (secondary N) is 2. The highest BCUT2D eigenvalue weighted by Crippen LogP contribution is 2.19. The van der Waals surface area contributed by atoms with Gasteiger partial charge in [-0.25, -0.2) is 8.42 Å². The number of carbonyl (C=O) groups is 1. The predicted octanol–water partition coefficient (Wildman–Crippen LogP) is 2.42. The maximum Gasteiger partial charge on any atom is 0.241 e. The largest absolute Gasteiger partial charge is 0.352 e. The van der Waals surface area contributed by atoms with Gasteiger partial charge in [-0.2, -0.15) is 4.72 Å². The molecular weight excluding hydrogens is 312 g/mol. The van der Waals surface area contributed by atoms with Crippen molar-refractivity contribution in [3.63, 3.8) is 0 Å². The number of fused-ring (bicyclic) bond motifs is 1. The van der Waals surface area contributed by atoms with Gasteiger partial charge in [0.2, 0.25) is 15.9 Å². The van der Waals surface area contributed by atoms with E-state index >= 15 is 0 Å². The van der Waals surface area contributed by atoms with Crippen LogP contribution < -0.4 is 10.0 Å². The van der Waals surface area contributed by atoms with Gasteiger partial charge in [0.25, 0.3) is 0 Å². The topological polar surface area (TPSA) is 75.3 Å². The molecule has 124 valence electrons. The lowest BCUT2D eigenvalue weighted by atomic mass is 10.1. The van der Waals surface area contributed by atoms with Crippen molar-refractivity contribution in [3.8, 4) is 0 Å². The second-order valence-electron chi connectivity index (χ2n) is 5.67. The molecule has 2 aromatic carbocycles. The molecule has 0 radical (unpaired) electrons. The summed E-state index contributed by atoms with van der Waals surface area (Å²) in [5, 5.41) is 4.57. The summed E-state index contributed by atoms with van der Waals surface area (Å²) in [6.45, 7) is 5.37. The highest BCUT2D eigenvalue weighted by molar-refractivity contribution is 7.89. The molecule has 2 N–H and O–H groups in total. The van der Waals surface area contributed by atoms with Gasteiger partial charge in [-0.05, 0) is 43.2 Å². The van der Waals surface area contributed by atoms with Crippen LogP contribution in [0.5, 0.6) is 0 Å². The quantitative estimate of drug-likeness (QED) is 0.852. The molecule has 0 aromatic heterocycles. The van der Waals surface area contributed by atoms with Crippen LogP contribution in [0.3, 0.4) is 0 Å². The fourth-order valence-corrected chi connectivity index (χ4v) is 3.40. The molecule has 0 aliphatic heterocycles. The Morgan fingerprint density at radius 1 is 1.09 bits per heavy atom. The number of amides is 1. The van der Waals surface area contributed by atoms with E-state index in [2.05, 4.69) is 10.0 Å². The fourth-order valence-electron chi connectivity index (χ4n) is 2.16. The van der Waals surface area contributed by atoms with Gasteiger partial charge in [-0.15, -0.1) is 0 Å². The van der Waals surface area contributed by atoms with Crippen LogP contribution in [0.1, 0.15) is 27.2 Å². The van der Waals surface area contributed by atoms with Gasteiger partial charge < -0.3 is 5.32 Å². The summed E-state index contributed by atoms with van der Waals surface area (Å²) in [6.07, 6.45) is 0.788. The smallest absolute Gasteiger partial charge is 0.241 e. The first-order valence-electron chi connectivity index (χ1n) is 7.65. The fraction of sp³-hybridized carbons (Fsp3) is 0.353. The minimum absolute atomic E-state index is 0.00937. The molecule has 0 aliphatic carbocycles. The Morgan fingerprint density at radius 3 is 2.39 bits per heavy atom. The number of benzene rings is 2. The van der Waals surface area contributed by atoms with Gasteiger partial charge in [0, 0.05) is 6.04 Å². The molecule has 0 heterocycles. The van der Waals surface area contributed by atoms with Crippen molar-refractivity contribution >= 4 is 26.7 Å². The van der Waals surface area contributed by atoms with E-state index in [-0.39, 0.29) is 16.8 Å². The van der Waals surface area contributed by atoms with Gasteiger partial charge in [0.1, 0.15) is 0 Å². The third-order valence-electron chi connectivity index (χ3n) is 3.76. The Balaban J connectivity index is 2.18. The number of rotatable bonds is 6. The molecule has 0 unspecified atom stereocenters. The molecule has 5 nitrogen and oxygen atoms in total. The number of hydrogen-bond acceptors (Lipinski definition) is 3. The van der Waals surface area contributed by atoms with E-state index in [1.54, 1.807) is 18.2 Å². The zero-order valence-electron chi connectivity index (χ0n) is 13.5. The lowest BCUT2D eigenvalue weighted by Gasteiger charge is -2.17. The maximum absolute atomic E-state index is 12.5. The molecule has 6 heteroatoms. The molecule has 1 amide bonds. The van der Waals surface area contributed by atoms with Crippen molar-refractivity contribution in [1.29, 1.82) is 0 Å². The number of carbonyl (C=O) groups excluding carboxylic acids is 1. The normalized spacial score (nSPS) is 14.4. The van der Waals surface area contributed by atoms with Gasteiger partial charge >= 0.3 is 0 Å². The van der Waals surface area contributed by atoms with E-state index in [1.165, 1.54) is 6.92 Å². The van der Waals surface area contributed by atoms with Crippen LogP contribution in [-0.2, 0) is 14.8 Å². The Kier molecular flexibility index (Phi) is 5.38. The van der Waals surface area contributed by atoms with Gasteiger partial charge in [-0.1, -0.05) is 37.3 Å². The third-order valence-corrected chi connectivity index (χ3v) is 5.30. The molecule has 0 saturated heterocycles. The highest BCUT2D eigenvalue weighted by Gasteiger charge is 2.22. The molecule has 23 heavy (non-hydrogen) atoms. The molecule has 0 aliphatic rings. The van der Waals surface area contributed by atoms with Crippen molar-refractivity contribution in [2.45, 2.75) is 44.2 Å². The lowest BCUT2D eigenvalue weighted by molar-refractivity contribution is -0.122. The summed E-state index contributed by atoms with van der Waals surface area (Å²) in [7, 11) is -3.75. The maximum atomic E-state index is 12.5. The average Bonchev–Trinajstić information content (AvgIpc) is 2.53. The van der Waals surface area contributed by atoms with Crippen LogP contribution in [0, 0.1) is 0 Å². The summed E-state index contributed by atoms with van der Waals surface area (Å²) >= 11 is 0. The first-order chi connectivity index (χ1) is 10.8. The van der Waals surface area contributed by atoms with Gasteiger partial charge in [0.05, 0.1) is 10.9 Å². The van der Waals surface area contributed by atoms with Crippen LogP contribution in [-0.4, -0.2) is 26.4 Å². The zero-order chi connectivity index (χ0) is 17.0. The summed E-state index contributed by atoms with van der Waals surface area (Å²) in [5.41, 5.74) is 0. The van der Waals surface area contributed by atoms with Gasteiger partial charge in [-0.3, -0.25) is 4.79 Å². The second kappa shape index (κ2) is 7.10. The minimum atomic E-state index is -3.75. The Morgan fingerprint density at radius 2 is 1.74 bits per heavy atom. The van der Waals surface area contributed by atoms with Crippen LogP contribution in [0.2, 0.25) is 0 Å². The van der Waals surface area contributed by atoms with Crippen LogP contribution in [0.15, 0.2) is 47.4 Å². The summed E-state index contributed by atoms with van der Waals surface area (Å²) in [4.78, 5) is 12.1. The van der Waals surface area contributed by atoms with Crippen molar-refractivity contribution in [3.05, 3.63) is 42.5 Å². The Bertz CT molecular complexity index is 802. The standard InChI is InChI=1S/C17H22N2O3S/c1-4-12(2)18-17(20)13(3)19-23(21,22)16-10-9-14-7-5-6-8-15(14)11-16/h5-13,19H,4H2,1-3H3,(H,18,20)/t12-,13-/m0/s1. The van der Waals surface area contributed by atoms with Crippen LogP contribution >= 0.6 is 0 Å². The molecule has 0 bridgehead atoms. The molecular formula is C17H22N2O3S. The molecule has 2 rings (SSSR count). The summed E-state index contributed by atoms with van der Waals surface area (Å²) < 4.78 is 27.3. The third kappa shape index (κ3) is 4.30. The number of hydrogen-bond donors (Lipinski definition) is 2. The number of sulfonamides is 1. The first-order valence-corrected chi connectivity index (χ1v) is 9.13. The average molecular weight is 334 g/mol.